The third kappa shape index (κ3) is 4.78. The van der Waals surface area contributed by atoms with Crippen molar-refractivity contribution in [3.63, 3.8) is 0 Å². The number of carbonyl (C=O) groups excluding carboxylic acids is 1. The molecule has 0 saturated heterocycles. The van der Waals surface area contributed by atoms with Gasteiger partial charge in [0.1, 0.15) is 18.1 Å². The van der Waals surface area contributed by atoms with Crippen LogP contribution in [0.3, 0.4) is 0 Å². The van der Waals surface area contributed by atoms with E-state index in [-0.39, 0.29) is 22.1 Å². The van der Waals surface area contributed by atoms with Crippen molar-refractivity contribution in [3.8, 4) is 33.8 Å². The van der Waals surface area contributed by atoms with Crippen molar-refractivity contribution in [2.75, 3.05) is 20.3 Å². The molecule has 3 aromatic rings. The quantitative estimate of drug-likeness (QED) is 0.365. The average Bonchev–Trinajstić information content (AvgIpc) is 2.76. The topological polar surface area (TPSA) is 55.8 Å². The van der Waals surface area contributed by atoms with Crippen molar-refractivity contribution >= 4 is 17.4 Å². The van der Waals surface area contributed by atoms with E-state index in [0.29, 0.717) is 25.2 Å². The Morgan fingerprint density at radius 3 is 2.07 bits per heavy atom. The predicted molar refractivity (Wildman–Crippen MR) is 116 cm³/mol. The lowest BCUT2D eigenvalue weighted by Gasteiger charge is -2.11. The summed E-state index contributed by atoms with van der Waals surface area (Å²) in [5, 5.41) is 10.5. The third-order valence-corrected chi connectivity index (χ3v) is 5.06. The van der Waals surface area contributed by atoms with Crippen molar-refractivity contribution in [2.24, 2.45) is 0 Å². The predicted octanol–water partition coefficient (Wildman–Crippen LogP) is 6.00. The Morgan fingerprint density at radius 1 is 0.897 bits per heavy atom. The van der Waals surface area contributed by atoms with E-state index in [0.717, 1.165) is 22.4 Å². The molecule has 0 amide bonds. The zero-order valence-electron chi connectivity index (χ0n) is 16.4. The van der Waals surface area contributed by atoms with E-state index in [1.165, 1.54) is 0 Å². The normalized spacial score (nSPS) is 10.7. The number of hydrogen-bond donors (Lipinski definition) is 1. The first-order valence-corrected chi connectivity index (χ1v) is 9.80. The molecule has 150 valence electrons. The number of ketones is 1. The first kappa shape index (κ1) is 20.9. The maximum absolute atomic E-state index is 11.9. The van der Waals surface area contributed by atoms with Gasteiger partial charge in [-0.1, -0.05) is 61.0 Å². The van der Waals surface area contributed by atoms with Crippen LogP contribution >= 0.6 is 11.6 Å². The first-order valence-electron chi connectivity index (χ1n) is 9.42. The largest absolute Gasteiger partial charge is 0.506 e. The summed E-state index contributed by atoms with van der Waals surface area (Å²) in [6.45, 7) is 2.82. The second-order valence-electron chi connectivity index (χ2n) is 6.54. The number of phenols is 1. The van der Waals surface area contributed by atoms with Gasteiger partial charge in [0.2, 0.25) is 0 Å². The lowest BCUT2D eigenvalue weighted by Crippen LogP contribution is -2.03. The SMILES string of the molecule is CCC(=O)c1ccc(-c2ccc(-c3ccc(OCCOC)cc3)cc2)c(Cl)c1O. The monoisotopic (exact) mass is 410 g/mol. The molecule has 0 aliphatic rings. The van der Waals surface area contributed by atoms with Crippen LogP contribution in [0.2, 0.25) is 5.02 Å². The van der Waals surface area contributed by atoms with Crippen LogP contribution in [0.4, 0.5) is 0 Å². The minimum absolute atomic E-state index is 0.138. The molecule has 0 aromatic heterocycles. The maximum Gasteiger partial charge on any atom is 0.166 e. The van der Waals surface area contributed by atoms with Gasteiger partial charge in [-0.15, -0.1) is 0 Å². The van der Waals surface area contributed by atoms with Crippen LogP contribution in [-0.2, 0) is 4.74 Å². The molecule has 0 radical (unpaired) electrons. The Bertz CT molecular complexity index is 979. The fourth-order valence-electron chi connectivity index (χ4n) is 3.03. The molecule has 1 N–H and O–H groups in total. The van der Waals surface area contributed by atoms with Crippen LogP contribution in [0.1, 0.15) is 23.7 Å². The number of carbonyl (C=O) groups is 1. The number of phenolic OH excluding ortho intramolecular Hbond substituents is 1. The standard InChI is InChI=1S/C24H23ClO4/c1-3-22(26)21-13-12-20(23(25)24(21)27)18-6-4-16(5-7-18)17-8-10-19(11-9-17)29-15-14-28-2/h4-13,27H,3,14-15H2,1-2H3. The molecule has 0 bridgehead atoms. The number of halogens is 1. The van der Waals surface area contributed by atoms with E-state index in [2.05, 4.69) is 0 Å². The summed E-state index contributed by atoms with van der Waals surface area (Å²) in [4.78, 5) is 11.9. The van der Waals surface area contributed by atoms with Gasteiger partial charge in [0.15, 0.2) is 5.78 Å². The second-order valence-corrected chi connectivity index (χ2v) is 6.92. The molecule has 0 saturated carbocycles. The van der Waals surface area contributed by atoms with Gasteiger partial charge >= 0.3 is 0 Å². The van der Waals surface area contributed by atoms with Crippen LogP contribution in [0.15, 0.2) is 60.7 Å². The molecule has 5 heteroatoms. The van der Waals surface area contributed by atoms with Gasteiger partial charge in [0.25, 0.3) is 0 Å². The Morgan fingerprint density at radius 2 is 1.48 bits per heavy atom. The summed E-state index contributed by atoms with van der Waals surface area (Å²) in [6, 6.07) is 19.1. The van der Waals surface area contributed by atoms with Gasteiger partial charge in [0, 0.05) is 19.1 Å². The summed E-state index contributed by atoms with van der Waals surface area (Å²) >= 11 is 6.34. The highest BCUT2D eigenvalue weighted by Gasteiger charge is 2.16. The minimum atomic E-state index is -0.163. The van der Waals surface area contributed by atoms with E-state index < -0.39 is 0 Å². The van der Waals surface area contributed by atoms with Crippen molar-refractivity contribution in [1.82, 2.24) is 0 Å². The Balaban J connectivity index is 1.80. The molecular formula is C24H23ClO4. The third-order valence-electron chi connectivity index (χ3n) is 4.68. The van der Waals surface area contributed by atoms with Crippen LogP contribution in [0.25, 0.3) is 22.3 Å². The highest BCUT2D eigenvalue weighted by Crippen LogP contribution is 2.38. The molecule has 0 spiro atoms. The fraction of sp³-hybridized carbons (Fsp3) is 0.208. The summed E-state index contributed by atoms with van der Waals surface area (Å²) in [5.41, 5.74) is 3.92. The highest BCUT2D eigenvalue weighted by molar-refractivity contribution is 6.35. The van der Waals surface area contributed by atoms with E-state index in [1.807, 2.05) is 48.5 Å². The number of methoxy groups -OCH3 is 1. The van der Waals surface area contributed by atoms with Crippen molar-refractivity contribution in [2.45, 2.75) is 13.3 Å². The molecular weight excluding hydrogens is 388 g/mol. The Kier molecular flexibility index (Phi) is 6.91. The molecule has 3 rings (SSSR count). The fourth-order valence-corrected chi connectivity index (χ4v) is 3.31. The number of ether oxygens (including phenoxy) is 2. The molecule has 29 heavy (non-hydrogen) atoms. The summed E-state index contributed by atoms with van der Waals surface area (Å²) in [6.07, 6.45) is 0.314. The average molecular weight is 411 g/mol. The number of aromatic hydroxyl groups is 1. The van der Waals surface area contributed by atoms with E-state index in [9.17, 15) is 9.90 Å². The number of rotatable bonds is 8. The zero-order chi connectivity index (χ0) is 20.8. The first-order chi connectivity index (χ1) is 14.0. The van der Waals surface area contributed by atoms with Crippen molar-refractivity contribution in [1.29, 1.82) is 0 Å². The number of benzene rings is 3. The number of hydrogen-bond acceptors (Lipinski definition) is 4. The summed E-state index contributed by atoms with van der Waals surface area (Å²) < 4.78 is 10.6. The van der Waals surface area contributed by atoms with Gasteiger partial charge in [-0.3, -0.25) is 4.79 Å². The van der Waals surface area contributed by atoms with Crippen LogP contribution in [0.5, 0.6) is 11.5 Å². The van der Waals surface area contributed by atoms with Gasteiger partial charge in [-0.25, -0.2) is 0 Å². The Labute approximate surface area is 175 Å². The molecule has 3 aromatic carbocycles. The number of Topliss-reactive ketones (excluding diaryl/α,β-unsaturated/α-hetero) is 1. The lowest BCUT2D eigenvalue weighted by atomic mass is 9.98. The maximum atomic E-state index is 11.9. The van der Waals surface area contributed by atoms with E-state index >= 15 is 0 Å². The van der Waals surface area contributed by atoms with E-state index in [1.54, 1.807) is 26.2 Å². The molecule has 0 unspecified atom stereocenters. The minimum Gasteiger partial charge on any atom is -0.506 e. The Hall–Kier alpha value is -2.82. The molecule has 0 atom stereocenters. The molecule has 4 nitrogen and oxygen atoms in total. The van der Waals surface area contributed by atoms with E-state index in [4.69, 9.17) is 21.1 Å². The van der Waals surface area contributed by atoms with Gasteiger partial charge in [-0.2, -0.15) is 0 Å². The van der Waals surface area contributed by atoms with Gasteiger partial charge < -0.3 is 14.6 Å². The smallest absolute Gasteiger partial charge is 0.166 e. The van der Waals surface area contributed by atoms with Crippen LogP contribution in [-0.4, -0.2) is 31.2 Å². The molecule has 0 aliphatic heterocycles. The molecule has 0 fully saturated rings. The molecule has 0 aliphatic carbocycles. The van der Waals surface area contributed by atoms with Crippen LogP contribution in [0, 0.1) is 0 Å². The van der Waals surface area contributed by atoms with Crippen LogP contribution < -0.4 is 4.74 Å². The molecule has 0 heterocycles. The highest BCUT2D eigenvalue weighted by atomic mass is 35.5. The van der Waals surface area contributed by atoms with Gasteiger partial charge in [0.05, 0.1) is 17.2 Å². The summed E-state index contributed by atoms with van der Waals surface area (Å²) in [7, 11) is 1.64. The van der Waals surface area contributed by atoms with Crippen molar-refractivity contribution < 1.29 is 19.4 Å². The van der Waals surface area contributed by atoms with Gasteiger partial charge in [-0.05, 0) is 34.9 Å². The zero-order valence-corrected chi connectivity index (χ0v) is 17.2. The summed E-state index contributed by atoms with van der Waals surface area (Å²) in [5.74, 6) is 0.497. The lowest BCUT2D eigenvalue weighted by molar-refractivity contribution is 0.0985. The van der Waals surface area contributed by atoms with Crippen molar-refractivity contribution in [3.05, 3.63) is 71.2 Å². The second kappa shape index (κ2) is 9.59.